The van der Waals surface area contributed by atoms with Crippen LogP contribution < -0.4 is 14.8 Å². The SMILES string of the molecule is CCC(Nc1ccc(C#N)cc1)c1ccc(OCc2ccccc2)c(OC)c1. The molecule has 0 aromatic heterocycles. The molecular formula is C24H24N2O2. The third kappa shape index (κ3) is 4.83. The Hall–Kier alpha value is -3.45. The molecule has 28 heavy (non-hydrogen) atoms. The van der Waals surface area contributed by atoms with E-state index in [1.54, 1.807) is 7.11 Å². The van der Waals surface area contributed by atoms with Crippen LogP contribution in [0.15, 0.2) is 72.8 Å². The molecule has 4 heteroatoms. The normalized spacial score (nSPS) is 11.3. The van der Waals surface area contributed by atoms with E-state index in [9.17, 15) is 0 Å². The van der Waals surface area contributed by atoms with E-state index in [1.807, 2.05) is 66.7 Å². The molecule has 0 fully saturated rings. The average Bonchev–Trinajstić information content (AvgIpc) is 2.77. The first kappa shape index (κ1) is 19.3. The number of nitriles is 1. The molecule has 0 aliphatic carbocycles. The molecule has 3 aromatic rings. The molecular weight excluding hydrogens is 348 g/mol. The van der Waals surface area contributed by atoms with Gasteiger partial charge in [0, 0.05) is 5.69 Å². The number of nitrogens with zero attached hydrogens (tertiary/aromatic N) is 1. The lowest BCUT2D eigenvalue weighted by Crippen LogP contribution is -2.10. The van der Waals surface area contributed by atoms with E-state index in [0.717, 1.165) is 29.0 Å². The molecule has 1 unspecified atom stereocenters. The van der Waals surface area contributed by atoms with Crippen molar-refractivity contribution >= 4 is 5.69 Å². The minimum absolute atomic E-state index is 0.130. The molecule has 0 aliphatic heterocycles. The van der Waals surface area contributed by atoms with Crippen LogP contribution in [-0.4, -0.2) is 7.11 Å². The summed E-state index contributed by atoms with van der Waals surface area (Å²) in [6.45, 7) is 2.63. The third-order valence-electron chi connectivity index (χ3n) is 4.59. The molecule has 3 rings (SSSR count). The van der Waals surface area contributed by atoms with Crippen molar-refractivity contribution in [3.8, 4) is 17.6 Å². The van der Waals surface area contributed by atoms with Crippen molar-refractivity contribution in [2.24, 2.45) is 0 Å². The summed E-state index contributed by atoms with van der Waals surface area (Å²) in [5.41, 5.74) is 3.87. The lowest BCUT2D eigenvalue weighted by Gasteiger charge is -2.20. The highest BCUT2D eigenvalue weighted by molar-refractivity contribution is 5.51. The third-order valence-corrected chi connectivity index (χ3v) is 4.59. The second-order valence-electron chi connectivity index (χ2n) is 6.48. The Morgan fingerprint density at radius 3 is 2.36 bits per heavy atom. The Balaban J connectivity index is 1.73. The van der Waals surface area contributed by atoms with Gasteiger partial charge in [0.05, 0.1) is 24.8 Å². The zero-order chi connectivity index (χ0) is 19.8. The maximum absolute atomic E-state index is 8.94. The number of methoxy groups -OCH3 is 1. The molecule has 1 atom stereocenters. The van der Waals surface area contributed by atoms with Gasteiger partial charge in [0.25, 0.3) is 0 Å². The molecule has 0 spiro atoms. The number of hydrogen-bond donors (Lipinski definition) is 1. The number of nitrogens with one attached hydrogen (secondary N) is 1. The van der Waals surface area contributed by atoms with Gasteiger partial charge in [0.2, 0.25) is 0 Å². The quantitative estimate of drug-likeness (QED) is 0.550. The Morgan fingerprint density at radius 1 is 0.964 bits per heavy atom. The van der Waals surface area contributed by atoms with Crippen LogP contribution in [0.2, 0.25) is 0 Å². The van der Waals surface area contributed by atoms with Gasteiger partial charge in [-0.25, -0.2) is 0 Å². The number of anilines is 1. The maximum atomic E-state index is 8.94. The van der Waals surface area contributed by atoms with Gasteiger partial charge in [-0.1, -0.05) is 43.3 Å². The molecule has 0 amide bonds. The summed E-state index contributed by atoms with van der Waals surface area (Å²) >= 11 is 0. The van der Waals surface area contributed by atoms with Gasteiger partial charge in [-0.05, 0) is 53.9 Å². The smallest absolute Gasteiger partial charge is 0.161 e. The van der Waals surface area contributed by atoms with Crippen molar-refractivity contribution < 1.29 is 9.47 Å². The molecule has 4 nitrogen and oxygen atoms in total. The summed E-state index contributed by atoms with van der Waals surface area (Å²) < 4.78 is 11.5. The fourth-order valence-electron chi connectivity index (χ4n) is 3.02. The van der Waals surface area contributed by atoms with Crippen molar-refractivity contribution in [2.45, 2.75) is 26.0 Å². The zero-order valence-electron chi connectivity index (χ0n) is 16.2. The van der Waals surface area contributed by atoms with Gasteiger partial charge in [-0.3, -0.25) is 0 Å². The predicted molar refractivity (Wildman–Crippen MR) is 112 cm³/mol. The van der Waals surface area contributed by atoms with Gasteiger partial charge in [0.15, 0.2) is 11.5 Å². The minimum atomic E-state index is 0.130. The predicted octanol–water partition coefficient (Wildman–Crippen LogP) is 5.71. The van der Waals surface area contributed by atoms with E-state index in [2.05, 4.69) is 24.4 Å². The van der Waals surface area contributed by atoms with Crippen LogP contribution in [-0.2, 0) is 6.61 Å². The molecule has 1 N–H and O–H groups in total. The van der Waals surface area contributed by atoms with E-state index >= 15 is 0 Å². The van der Waals surface area contributed by atoms with Crippen LogP contribution in [0, 0.1) is 11.3 Å². The fourth-order valence-corrected chi connectivity index (χ4v) is 3.02. The van der Waals surface area contributed by atoms with Gasteiger partial charge in [0.1, 0.15) is 6.61 Å². The highest BCUT2D eigenvalue weighted by Gasteiger charge is 2.13. The van der Waals surface area contributed by atoms with Crippen LogP contribution in [0.4, 0.5) is 5.69 Å². The number of hydrogen-bond acceptors (Lipinski definition) is 4. The van der Waals surface area contributed by atoms with Crippen molar-refractivity contribution in [1.82, 2.24) is 0 Å². The summed E-state index contributed by atoms with van der Waals surface area (Å²) in [4.78, 5) is 0. The van der Waals surface area contributed by atoms with E-state index in [4.69, 9.17) is 14.7 Å². The summed E-state index contributed by atoms with van der Waals surface area (Å²) in [5.74, 6) is 1.44. The highest BCUT2D eigenvalue weighted by atomic mass is 16.5. The van der Waals surface area contributed by atoms with Crippen LogP contribution >= 0.6 is 0 Å². The van der Waals surface area contributed by atoms with E-state index in [1.165, 1.54) is 0 Å². The zero-order valence-corrected chi connectivity index (χ0v) is 16.2. The number of ether oxygens (including phenoxy) is 2. The largest absolute Gasteiger partial charge is 0.493 e. The monoisotopic (exact) mass is 372 g/mol. The Morgan fingerprint density at radius 2 is 1.71 bits per heavy atom. The lowest BCUT2D eigenvalue weighted by molar-refractivity contribution is 0.284. The lowest BCUT2D eigenvalue weighted by atomic mass is 10.0. The topological polar surface area (TPSA) is 54.3 Å². The summed E-state index contributed by atoms with van der Waals surface area (Å²) in [6.07, 6.45) is 0.910. The molecule has 3 aromatic carbocycles. The highest BCUT2D eigenvalue weighted by Crippen LogP contribution is 2.33. The van der Waals surface area contributed by atoms with Crippen molar-refractivity contribution in [3.63, 3.8) is 0 Å². The molecule has 0 heterocycles. The summed E-state index contributed by atoms with van der Waals surface area (Å²) in [6, 6.07) is 25.9. The second-order valence-corrected chi connectivity index (χ2v) is 6.48. The van der Waals surface area contributed by atoms with Crippen molar-refractivity contribution in [1.29, 1.82) is 5.26 Å². The first-order valence-electron chi connectivity index (χ1n) is 9.35. The Bertz CT molecular complexity index is 931. The second kappa shape index (κ2) is 9.48. The van der Waals surface area contributed by atoms with Gasteiger partial charge < -0.3 is 14.8 Å². The standard InChI is InChI=1S/C24H24N2O2/c1-3-22(26-21-12-9-18(16-25)10-13-21)20-11-14-23(24(15-20)27-2)28-17-19-7-5-4-6-8-19/h4-15,22,26H,3,17H2,1-2H3. The van der Waals surface area contributed by atoms with Gasteiger partial charge in [-0.15, -0.1) is 0 Å². The Labute approximate surface area is 166 Å². The van der Waals surface area contributed by atoms with Gasteiger partial charge >= 0.3 is 0 Å². The Kier molecular flexibility index (Phi) is 6.54. The first-order chi connectivity index (χ1) is 13.7. The number of rotatable bonds is 8. The van der Waals surface area contributed by atoms with Crippen LogP contribution in [0.1, 0.15) is 36.1 Å². The van der Waals surface area contributed by atoms with Crippen LogP contribution in [0.5, 0.6) is 11.5 Å². The van der Waals surface area contributed by atoms with E-state index < -0.39 is 0 Å². The van der Waals surface area contributed by atoms with Gasteiger partial charge in [-0.2, -0.15) is 5.26 Å². The van der Waals surface area contributed by atoms with Crippen molar-refractivity contribution in [2.75, 3.05) is 12.4 Å². The molecule has 142 valence electrons. The maximum Gasteiger partial charge on any atom is 0.161 e. The van der Waals surface area contributed by atoms with Crippen LogP contribution in [0.25, 0.3) is 0 Å². The molecule has 0 saturated carbocycles. The van der Waals surface area contributed by atoms with E-state index in [-0.39, 0.29) is 6.04 Å². The van der Waals surface area contributed by atoms with E-state index in [0.29, 0.717) is 17.9 Å². The first-order valence-corrected chi connectivity index (χ1v) is 9.35. The summed E-state index contributed by atoms with van der Waals surface area (Å²) in [7, 11) is 1.66. The van der Waals surface area contributed by atoms with Crippen molar-refractivity contribution in [3.05, 3.63) is 89.5 Å². The molecule has 0 aliphatic rings. The molecule has 0 bridgehead atoms. The fraction of sp³-hybridized carbons (Fsp3) is 0.208. The molecule has 0 radical (unpaired) electrons. The number of benzene rings is 3. The average molecular weight is 372 g/mol. The summed E-state index contributed by atoms with van der Waals surface area (Å²) in [5, 5.41) is 12.5. The minimum Gasteiger partial charge on any atom is -0.493 e. The van der Waals surface area contributed by atoms with Crippen LogP contribution in [0.3, 0.4) is 0 Å². The molecule has 0 saturated heterocycles.